The van der Waals surface area contributed by atoms with Crippen molar-refractivity contribution in [3.05, 3.63) is 59.0 Å². The third-order valence-electron chi connectivity index (χ3n) is 4.36. The van der Waals surface area contributed by atoms with Gasteiger partial charge in [-0.05, 0) is 42.0 Å². The Balaban J connectivity index is 1.55. The van der Waals surface area contributed by atoms with Crippen molar-refractivity contribution >= 4 is 40.4 Å². The van der Waals surface area contributed by atoms with Crippen molar-refractivity contribution < 1.29 is 9.13 Å². The zero-order valence-electron chi connectivity index (χ0n) is 15.3. The first-order valence-corrected chi connectivity index (χ1v) is 8.91. The molecule has 28 heavy (non-hydrogen) atoms. The lowest BCUT2D eigenvalue weighted by atomic mass is 10.1. The fourth-order valence-electron chi connectivity index (χ4n) is 2.95. The molecule has 7 nitrogen and oxygen atoms in total. The summed E-state index contributed by atoms with van der Waals surface area (Å²) >= 11 is 6.12. The van der Waals surface area contributed by atoms with Crippen LogP contribution in [-0.4, -0.2) is 24.1 Å². The highest BCUT2D eigenvalue weighted by molar-refractivity contribution is 6.32. The molecular weight excluding hydrogens is 383 g/mol. The molecule has 0 spiro atoms. The molecule has 0 unspecified atom stereocenters. The van der Waals surface area contributed by atoms with Gasteiger partial charge in [-0.1, -0.05) is 11.6 Å². The van der Waals surface area contributed by atoms with Crippen molar-refractivity contribution in [1.82, 2.24) is 15.4 Å². The lowest BCUT2D eigenvalue weighted by Gasteiger charge is -2.13. The van der Waals surface area contributed by atoms with Crippen molar-refractivity contribution in [3.8, 4) is 5.75 Å². The Morgan fingerprint density at radius 3 is 2.75 bits per heavy atom. The summed E-state index contributed by atoms with van der Waals surface area (Å²) in [4.78, 5) is 8.25. The van der Waals surface area contributed by atoms with Gasteiger partial charge in [0.2, 0.25) is 5.95 Å². The molecule has 0 amide bonds. The van der Waals surface area contributed by atoms with Gasteiger partial charge in [0, 0.05) is 25.0 Å². The van der Waals surface area contributed by atoms with Crippen LogP contribution < -0.4 is 25.8 Å². The van der Waals surface area contributed by atoms with Crippen LogP contribution in [-0.2, 0) is 6.54 Å². The Morgan fingerprint density at radius 2 is 1.96 bits per heavy atom. The highest BCUT2D eigenvalue weighted by atomic mass is 35.5. The Bertz CT molecular complexity index is 1030. The average molecular weight is 401 g/mol. The van der Waals surface area contributed by atoms with Crippen molar-refractivity contribution in [2.45, 2.75) is 6.54 Å². The maximum Gasteiger partial charge on any atom is 0.229 e. The van der Waals surface area contributed by atoms with E-state index in [1.165, 1.54) is 7.11 Å². The van der Waals surface area contributed by atoms with Crippen molar-refractivity contribution in [3.63, 3.8) is 0 Å². The molecule has 1 aliphatic heterocycles. The normalized spacial score (nSPS) is 12.6. The lowest BCUT2D eigenvalue weighted by Crippen LogP contribution is -2.26. The van der Waals surface area contributed by atoms with Gasteiger partial charge in [0.1, 0.15) is 5.75 Å². The molecule has 0 bridgehead atoms. The number of ether oxygens (including phenoxy) is 1. The Kier molecular flexibility index (Phi) is 4.89. The van der Waals surface area contributed by atoms with E-state index in [2.05, 4.69) is 26.0 Å². The SMILES string of the molecule is COc1ccc(Nc2nc(Nc3ccc4c(c3)CNN4C)ncc2F)cc1Cl. The number of hydrogen-bond donors (Lipinski definition) is 3. The van der Waals surface area contributed by atoms with Gasteiger partial charge in [-0.15, -0.1) is 0 Å². The van der Waals surface area contributed by atoms with Crippen LogP contribution in [0.2, 0.25) is 5.02 Å². The van der Waals surface area contributed by atoms with Crippen LogP contribution >= 0.6 is 11.6 Å². The molecule has 0 atom stereocenters. The first-order chi connectivity index (χ1) is 13.5. The van der Waals surface area contributed by atoms with Crippen molar-refractivity contribution in [2.75, 3.05) is 29.8 Å². The standard InChI is InChI=1S/C19H18ClFN6O/c1-27-16-5-3-12(7-11(16)9-23-27)25-19-22-10-15(21)18(26-19)24-13-4-6-17(28-2)14(20)8-13/h3-8,10,23H,9H2,1-2H3,(H2,22,24,25,26). The molecule has 1 aromatic heterocycles. The smallest absolute Gasteiger partial charge is 0.229 e. The molecule has 3 N–H and O–H groups in total. The number of anilines is 5. The fourth-order valence-corrected chi connectivity index (χ4v) is 3.20. The second-order valence-electron chi connectivity index (χ2n) is 6.23. The van der Waals surface area contributed by atoms with Crippen LogP contribution in [0.15, 0.2) is 42.6 Å². The van der Waals surface area contributed by atoms with Gasteiger partial charge in [-0.25, -0.2) is 14.8 Å². The zero-order chi connectivity index (χ0) is 19.7. The van der Waals surface area contributed by atoms with Crippen LogP contribution in [0.25, 0.3) is 0 Å². The van der Waals surface area contributed by atoms with E-state index in [1.807, 2.05) is 30.3 Å². The van der Waals surface area contributed by atoms with Crippen molar-refractivity contribution in [2.24, 2.45) is 0 Å². The van der Waals surface area contributed by atoms with E-state index in [0.29, 0.717) is 16.5 Å². The monoisotopic (exact) mass is 400 g/mol. The third kappa shape index (κ3) is 3.64. The van der Waals surface area contributed by atoms with E-state index < -0.39 is 5.82 Å². The molecular formula is C19H18ClFN6O. The molecule has 4 rings (SSSR count). The molecule has 0 saturated carbocycles. The number of rotatable bonds is 5. The van der Waals surface area contributed by atoms with E-state index in [9.17, 15) is 4.39 Å². The first kappa shape index (κ1) is 18.3. The molecule has 2 heterocycles. The number of methoxy groups -OCH3 is 1. The van der Waals surface area contributed by atoms with E-state index in [-0.39, 0.29) is 11.8 Å². The molecule has 0 fully saturated rings. The maximum absolute atomic E-state index is 14.2. The lowest BCUT2D eigenvalue weighted by molar-refractivity contribution is 0.415. The number of nitrogens with one attached hydrogen (secondary N) is 3. The molecule has 144 valence electrons. The number of hydrogen-bond acceptors (Lipinski definition) is 7. The maximum atomic E-state index is 14.2. The van der Waals surface area contributed by atoms with E-state index in [4.69, 9.17) is 16.3 Å². The third-order valence-corrected chi connectivity index (χ3v) is 4.66. The van der Waals surface area contributed by atoms with Gasteiger partial charge in [0.25, 0.3) is 0 Å². The van der Waals surface area contributed by atoms with E-state index in [1.54, 1.807) is 18.2 Å². The van der Waals surface area contributed by atoms with Gasteiger partial charge in [-0.2, -0.15) is 4.98 Å². The van der Waals surface area contributed by atoms with Gasteiger partial charge in [0.05, 0.1) is 24.0 Å². The van der Waals surface area contributed by atoms with Gasteiger partial charge in [0.15, 0.2) is 11.6 Å². The summed E-state index contributed by atoms with van der Waals surface area (Å²) < 4.78 is 19.3. The second kappa shape index (κ2) is 7.49. The Morgan fingerprint density at radius 1 is 1.18 bits per heavy atom. The summed E-state index contributed by atoms with van der Waals surface area (Å²) in [6, 6.07) is 11.0. The van der Waals surface area contributed by atoms with Crippen molar-refractivity contribution in [1.29, 1.82) is 0 Å². The summed E-state index contributed by atoms with van der Waals surface area (Å²) in [6.07, 6.45) is 1.12. The first-order valence-electron chi connectivity index (χ1n) is 8.54. The fraction of sp³-hybridized carbons (Fsp3) is 0.158. The molecule has 2 aromatic carbocycles. The number of nitrogens with zero attached hydrogens (tertiary/aromatic N) is 3. The zero-order valence-corrected chi connectivity index (χ0v) is 16.0. The minimum absolute atomic E-state index is 0.0429. The van der Waals surface area contributed by atoms with Crippen LogP contribution in [0.4, 0.5) is 33.2 Å². The molecule has 0 radical (unpaired) electrons. The Labute approximate surface area is 166 Å². The number of benzene rings is 2. The van der Waals surface area contributed by atoms with Crippen LogP contribution in [0.1, 0.15) is 5.56 Å². The summed E-state index contributed by atoms with van der Waals surface area (Å²) in [5, 5.41) is 8.41. The average Bonchev–Trinajstić information content (AvgIpc) is 3.05. The van der Waals surface area contributed by atoms with Crippen LogP contribution in [0.3, 0.4) is 0 Å². The summed E-state index contributed by atoms with van der Waals surface area (Å²) in [6.45, 7) is 0.747. The van der Waals surface area contributed by atoms with Gasteiger partial charge in [-0.3, -0.25) is 0 Å². The molecule has 0 aliphatic carbocycles. The minimum atomic E-state index is -0.572. The summed E-state index contributed by atoms with van der Waals surface area (Å²) in [7, 11) is 3.49. The van der Waals surface area contributed by atoms with Gasteiger partial charge >= 0.3 is 0 Å². The highest BCUT2D eigenvalue weighted by Crippen LogP contribution is 2.30. The highest BCUT2D eigenvalue weighted by Gasteiger charge is 2.16. The molecule has 9 heteroatoms. The van der Waals surface area contributed by atoms with E-state index in [0.717, 1.165) is 29.7 Å². The van der Waals surface area contributed by atoms with Gasteiger partial charge < -0.3 is 20.4 Å². The molecule has 3 aromatic rings. The predicted molar refractivity (Wildman–Crippen MR) is 108 cm³/mol. The minimum Gasteiger partial charge on any atom is -0.495 e. The number of halogens is 2. The molecule has 0 saturated heterocycles. The predicted octanol–water partition coefficient (Wildman–Crippen LogP) is 4.22. The number of hydrazine groups is 1. The largest absolute Gasteiger partial charge is 0.495 e. The summed E-state index contributed by atoms with van der Waals surface area (Å²) in [5.74, 6) is 0.288. The summed E-state index contributed by atoms with van der Waals surface area (Å²) in [5.41, 5.74) is 6.90. The quantitative estimate of drug-likeness (QED) is 0.592. The van der Waals surface area contributed by atoms with Crippen LogP contribution in [0, 0.1) is 5.82 Å². The Hall–Kier alpha value is -3.10. The number of fused-ring (bicyclic) bond motifs is 1. The topological polar surface area (TPSA) is 74.3 Å². The molecule has 1 aliphatic rings. The number of aromatic nitrogens is 2. The second-order valence-corrected chi connectivity index (χ2v) is 6.63. The van der Waals surface area contributed by atoms with E-state index >= 15 is 0 Å². The van der Waals surface area contributed by atoms with Crippen LogP contribution in [0.5, 0.6) is 5.75 Å².